The Kier molecular flexibility index (Phi) is 7.42. The summed E-state index contributed by atoms with van der Waals surface area (Å²) in [6.45, 7) is 0. The lowest BCUT2D eigenvalue weighted by molar-refractivity contribution is -0.128. The van der Waals surface area contributed by atoms with E-state index in [0.717, 1.165) is 27.3 Å². The number of hydrogen-bond acceptors (Lipinski definition) is 4. The van der Waals surface area contributed by atoms with Gasteiger partial charge in [0.2, 0.25) is 12.1 Å². The van der Waals surface area contributed by atoms with Crippen molar-refractivity contribution in [3.8, 4) is 0 Å². The van der Waals surface area contributed by atoms with E-state index >= 15 is 0 Å². The summed E-state index contributed by atoms with van der Waals surface area (Å²) in [5, 5.41) is 5.75. The second-order valence-corrected chi connectivity index (χ2v) is 10.5. The largest absolute Gasteiger partial charge is 0.326 e. The van der Waals surface area contributed by atoms with Crippen LogP contribution < -0.4 is 10.2 Å². The number of likely N-dealkylation sites (N-methyl/N-ethyl adjacent to an activating group) is 1. The fourth-order valence-electron chi connectivity index (χ4n) is 4.39. The Morgan fingerprint density at radius 3 is 2.49 bits per heavy atom. The van der Waals surface area contributed by atoms with Gasteiger partial charge < -0.3 is 10.2 Å². The molecule has 1 aliphatic rings. The molecule has 4 aromatic rings. The number of nitrogens with one attached hydrogen (secondary N) is 1. The molecule has 0 aliphatic carbocycles. The van der Waals surface area contributed by atoms with Gasteiger partial charge in [-0.05, 0) is 41.6 Å². The Bertz CT molecular complexity index is 1470. The van der Waals surface area contributed by atoms with Crippen LogP contribution in [0.15, 0.2) is 95.3 Å². The zero-order valence-corrected chi connectivity index (χ0v) is 22.2. The molecule has 0 bridgehead atoms. The first-order valence-corrected chi connectivity index (χ1v) is 13.3. The van der Waals surface area contributed by atoms with Gasteiger partial charge in [-0.3, -0.25) is 9.59 Å². The van der Waals surface area contributed by atoms with Crippen LogP contribution in [0.4, 0.5) is 5.69 Å². The normalized spacial score (nSPS) is 16.0. The highest BCUT2D eigenvalue weighted by molar-refractivity contribution is 7.10. The molecule has 186 valence electrons. The summed E-state index contributed by atoms with van der Waals surface area (Å²) in [5.74, 6) is -1.13. The van der Waals surface area contributed by atoms with Gasteiger partial charge in [-0.1, -0.05) is 83.9 Å². The lowest BCUT2D eigenvalue weighted by Gasteiger charge is -2.23. The number of halogens is 2. The van der Waals surface area contributed by atoms with Crippen molar-refractivity contribution in [3.63, 3.8) is 0 Å². The van der Waals surface area contributed by atoms with E-state index in [-0.39, 0.29) is 11.8 Å². The van der Waals surface area contributed by atoms with Crippen LogP contribution in [-0.2, 0) is 16.0 Å². The van der Waals surface area contributed by atoms with E-state index in [4.69, 9.17) is 28.2 Å². The molecular formula is C29H23Cl2N3O2S. The molecule has 1 aliphatic heterocycles. The third-order valence-corrected chi connectivity index (χ3v) is 8.02. The Balaban J connectivity index is 1.51. The first kappa shape index (κ1) is 25.2. The predicted octanol–water partition coefficient (Wildman–Crippen LogP) is 6.34. The van der Waals surface area contributed by atoms with E-state index < -0.39 is 12.1 Å². The van der Waals surface area contributed by atoms with Gasteiger partial charge >= 0.3 is 0 Å². The maximum Gasteiger partial charge on any atom is 0.272 e. The van der Waals surface area contributed by atoms with E-state index in [1.54, 1.807) is 24.1 Å². The molecule has 0 saturated heterocycles. The molecule has 2 heterocycles. The third kappa shape index (κ3) is 5.32. The Hall–Kier alpha value is -3.45. The number of anilines is 1. The minimum atomic E-state index is -1.09. The molecule has 5 nitrogen and oxygen atoms in total. The molecule has 5 rings (SSSR count). The van der Waals surface area contributed by atoms with Gasteiger partial charge in [-0.15, -0.1) is 11.3 Å². The second kappa shape index (κ2) is 10.9. The zero-order valence-electron chi connectivity index (χ0n) is 19.9. The number of fused-ring (bicyclic) bond motifs is 1. The van der Waals surface area contributed by atoms with Gasteiger partial charge in [0.1, 0.15) is 0 Å². The maximum atomic E-state index is 13.7. The van der Waals surface area contributed by atoms with Crippen LogP contribution in [0.2, 0.25) is 10.0 Å². The molecule has 3 aromatic carbocycles. The SMILES string of the molecule is CN1C(=O)[C@@H](NC(=O)C(Cc2ccc(Cl)c(Cl)c2)c2cccs2)N=C(c2ccccc2)c2ccccc21. The number of carbonyl (C=O) groups is 2. The molecule has 0 spiro atoms. The number of nitrogens with zero attached hydrogens (tertiary/aromatic N) is 2. The Morgan fingerprint density at radius 1 is 1.00 bits per heavy atom. The molecule has 1 N–H and O–H groups in total. The molecule has 1 aromatic heterocycles. The zero-order chi connectivity index (χ0) is 25.9. The number of benzodiazepines with no additional fused rings is 1. The summed E-state index contributed by atoms with van der Waals surface area (Å²) in [6, 6.07) is 26.5. The highest BCUT2D eigenvalue weighted by Crippen LogP contribution is 2.30. The average Bonchev–Trinajstić information content (AvgIpc) is 3.43. The molecule has 0 radical (unpaired) electrons. The molecule has 0 saturated carbocycles. The first-order valence-electron chi connectivity index (χ1n) is 11.7. The van der Waals surface area contributed by atoms with Crippen LogP contribution in [0.25, 0.3) is 0 Å². The van der Waals surface area contributed by atoms with E-state index in [9.17, 15) is 9.59 Å². The smallest absolute Gasteiger partial charge is 0.272 e. The molecule has 8 heteroatoms. The van der Waals surface area contributed by atoms with E-state index in [1.165, 1.54) is 11.3 Å². The molecule has 37 heavy (non-hydrogen) atoms. The minimum absolute atomic E-state index is 0.289. The van der Waals surface area contributed by atoms with Crippen LogP contribution in [0.3, 0.4) is 0 Å². The van der Waals surface area contributed by atoms with Crippen LogP contribution in [0.5, 0.6) is 0 Å². The van der Waals surface area contributed by atoms with Crippen molar-refractivity contribution < 1.29 is 9.59 Å². The van der Waals surface area contributed by atoms with Gasteiger partial charge in [0.25, 0.3) is 5.91 Å². The predicted molar refractivity (Wildman–Crippen MR) is 151 cm³/mol. The summed E-state index contributed by atoms with van der Waals surface area (Å²) in [7, 11) is 1.70. The van der Waals surface area contributed by atoms with Crippen LogP contribution >= 0.6 is 34.5 Å². The van der Waals surface area contributed by atoms with Crippen molar-refractivity contribution >= 4 is 57.8 Å². The van der Waals surface area contributed by atoms with E-state index in [1.807, 2.05) is 78.2 Å². The van der Waals surface area contributed by atoms with Gasteiger partial charge in [-0.25, -0.2) is 4.99 Å². The topological polar surface area (TPSA) is 61.8 Å². The molecule has 1 unspecified atom stereocenters. The van der Waals surface area contributed by atoms with Gasteiger partial charge in [0, 0.05) is 23.1 Å². The first-order chi connectivity index (χ1) is 17.9. The summed E-state index contributed by atoms with van der Waals surface area (Å²) in [6.07, 6.45) is -0.688. The standard InChI is InChI=1S/C29H23Cl2N3O2S/c1-34-24-11-6-5-10-20(24)26(19-8-3-2-4-9-19)32-27(29(34)36)33-28(35)21(25-12-7-15-37-25)16-18-13-14-22(30)23(31)17-18/h2-15,17,21,27H,16H2,1H3,(H,33,35)/t21?,27-/m1/s1. The van der Waals surface area contributed by atoms with Crippen LogP contribution in [0, 0.1) is 0 Å². The van der Waals surface area contributed by atoms with Gasteiger partial charge in [-0.2, -0.15) is 0 Å². The van der Waals surface area contributed by atoms with Crippen molar-refractivity contribution in [2.75, 3.05) is 11.9 Å². The summed E-state index contributed by atoms with van der Waals surface area (Å²) < 4.78 is 0. The third-order valence-electron chi connectivity index (χ3n) is 6.30. The number of amides is 2. The summed E-state index contributed by atoms with van der Waals surface area (Å²) in [4.78, 5) is 34.5. The van der Waals surface area contributed by atoms with Crippen molar-refractivity contribution in [1.82, 2.24) is 5.32 Å². The van der Waals surface area contributed by atoms with Crippen LogP contribution in [0.1, 0.15) is 27.5 Å². The summed E-state index contributed by atoms with van der Waals surface area (Å²) in [5.41, 5.74) is 3.94. The highest BCUT2D eigenvalue weighted by Gasteiger charge is 2.33. The lowest BCUT2D eigenvalue weighted by Crippen LogP contribution is -2.47. The van der Waals surface area contributed by atoms with Gasteiger partial charge in [0.05, 0.1) is 27.4 Å². The number of aliphatic imine (C=N–C) groups is 1. The van der Waals surface area contributed by atoms with E-state index in [0.29, 0.717) is 22.2 Å². The Morgan fingerprint density at radius 2 is 1.76 bits per heavy atom. The Labute approximate surface area is 229 Å². The molecule has 2 amide bonds. The van der Waals surface area contributed by atoms with Gasteiger partial charge in [0.15, 0.2) is 0 Å². The molecular weight excluding hydrogens is 525 g/mol. The minimum Gasteiger partial charge on any atom is -0.326 e. The number of benzene rings is 3. The summed E-state index contributed by atoms with van der Waals surface area (Å²) >= 11 is 13.8. The van der Waals surface area contributed by atoms with Crippen molar-refractivity contribution in [2.45, 2.75) is 18.5 Å². The highest BCUT2D eigenvalue weighted by atomic mass is 35.5. The second-order valence-electron chi connectivity index (χ2n) is 8.69. The number of carbonyl (C=O) groups excluding carboxylic acids is 2. The number of thiophene rings is 1. The van der Waals surface area contributed by atoms with Crippen LogP contribution in [-0.4, -0.2) is 30.7 Å². The van der Waals surface area contributed by atoms with E-state index in [2.05, 4.69) is 5.32 Å². The number of rotatable bonds is 6. The number of para-hydroxylation sites is 1. The number of hydrogen-bond donors (Lipinski definition) is 1. The van der Waals surface area contributed by atoms with Crippen molar-refractivity contribution in [1.29, 1.82) is 0 Å². The average molecular weight is 548 g/mol. The monoisotopic (exact) mass is 547 g/mol. The molecule has 2 atom stereocenters. The fraction of sp³-hybridized carbons (Fsp3) is 0.138. The van der Waals surface area contributed by atoms with Crippen molar-refractivity contribution in [2.24, 2.45) is 4.99 Å². The fourth-order valence-corrected chi connectivity index (χ4v) is 5.54. The maximum absolute atomic E-state index is 13.7. The molecule has 0 fully saturated rings. The lowest BCUT2D eigenvalue weighted by atomic mass is 9.96. The quantitative estimate of drug-likeness (QED) is 0.306. The van der Waals surface area contributed by atoms with Crippen molar-refractivity contribution in [3.05, 3.63) is 122 Å².